The monoisotopic (exact) mass is 599 g/mol. The molecule has 0 aliphatic carbocycles. The van der Waals surface area contributed by atoms with E-state index in [0.29, 0.717) is 46.5 Å². The fourth-order valence-corrected chi connectivity index (χ4v) is 6.75. The molecule has 0 bridgehead atoms. The van der Waals surface area contributed by atoms with Crippen molar-refractivity contribution in [2.75, 3.05) is 37.1 Å². The first-order valence-electron chi connectivity index (χ1n) is 14.1. The number of aromatic nitrogens is 1. The minimum atomic E-state index is -1.40. The maximum Gasteiger partial charge on any atom is 0.225 e. The van der Waals surface area contributed by atoms with Crippen LogP contribution in [0.15, 0.2) is 84.0 Å². The van der Waals surface area contributed by atoms with Gasteiger partial charge >= 0.3 is 0 Å². The second kappa shape index (κ2) is 13.3. The fourth-order valence-electron chi connectivity index (χ4n) is 5.38. The lowest BCUT2D eigenvalue weighted by molar-refractivity contribution is -0.116. The molecule has 0 saturated carbocycles. The number of hydrogen-bond acceptors (Lipinski definition) is 7. The SMILES string of the molecule is CNc1c(N)cc(C(CC(=O)Nc2cccnc2)c2ccc(C)c(CN3C[C@@H](C)Oc4ccccc4S3=O)c2)cc1OC. The number of benzene rings is 3. The number of para-hydroxylation sites is 1. The van der Waals surface area contributed by atoms with Crippen LogP contribution in [0.5, 0.6) is 11.5 Å². The third-order valence-corrected chi connectivity index (χ3v) is 9.01. The summed E-state index contributed by atoms with van der Waals surface area (Å²) in [7, 11) is 1.98. The Labute approximate surface area is 255 Å². The predicted molar refractivity (Wildman–Crippen MR) is 171 cm³/mol. The van der Waals surface area contributed by atoms with Crippen LogP contribution in [-0.4, -0.2) is 46.2 Å². The van der Waals surface area contributed by atoms with Crippen LogP contribution < -0.4 is 25.8 Å². The number of carbonyl (C=O) groups excluding carboxylic acids is 1. The molecule has 0 fully saturated rings. The van der Waals surface area contributed by atoms with Crippen molar-refractivity contribution in [2.45, 2.75) is 43.7 Å². The Morgan fingerprint density at radius 2 is 1.98 bits per heavy atom. The van der Waals surface area contributed by atoms with Gasteiger partial charge < -0.3 is 25.8 Å². The molecule has 0 saturated heterocycles. The summed E-state index contributed by atoms with van der Waals surface area (Å²) in [4.78, 5) is 18.1. The lowest BCUT2D eigenvalue weighted by atomic mass is 9.86. The van der Waals surface area contributed by atoms with Gasteiger partial charge in [0.15, 0.2) is 0 Å². The number of methoxy groups -OCH3 is 1. The number of rotatable bonds is 9. The Hall–Kier alpha value is -4.41. The quantitative estimate of drug-likeness (QED) is 0.218. The average Bonchev–Trinajstić information content (AvgIpc) is 3.12. The van der Waals surface area contributed by atoms with Crippen molar-refractivity contribution in [2.24, 2.45) is 0 Å². The van der Waals surface area contributed by atoms with Gasteiger partial charge in [0.05, 0.1) is 35.3 Å². The number of nitrogens with one attached hydrogen (secondary N) is 2. The van der Waals surface area contributed by atoms with Gasteiger partial charge in [-0.25, -0.2) is 8.51 Å². The molecule has 0 radical (unpaired) electrons. The molecule has 224 valence electrons. The summed E-state index contributed by atoms with van der Waals surface area (Å²) in [6.07, 6.45) is 3.30. The molecule has 4 N–H and O–H groups in total. The molecule has 2 unspecified atom stereocenters. The number of aryl methyl sites for hydroxylation is 1. The number of hydrogen-bond donors (Lipinski definition) is 3. The van der Waals surface area contributed by atoms with E-state index in [1.165, 1.54) is 0 Å². The van der Waals surface area contributed by atoms with Gasteiger partial charge in [-0.05, 0) is 72.5 Å². The van der Waals surface area contributed by atoms with Crippen LogP contribution in [0.1, 0.15) is 41.5 Å². The zero-order valence-electron chi connectivity index (χ0n) is 24.8. The van der Waals surface area contributed by atoms with Crippen LogP contribution in [0.3, 0.4) is 0 Å². The standard InChI is InChI=1S/C33H37N5O4S/c1-21-11-12-23(14-25(21)20-38-19-22(2)42-29-9-5-6-10-31(29)43(38)40)27(17-32(39)37-26-8-7-13-36-18-26)24-15-28(34)33(35-3)30(16-24)41-4/h5-16,18,22,27,35H,17,19-20,34H2,1-4H3,(H,37,39)/t22-,27?,43?/m1/s1. The molecule has 43 heavy (non-hydrogen) atoms. The number of ether oxygens (including phenoxy) is 2. The summed E-state index contributed by atoms with van der Waals surface area (Å²) >= 11 is 0. The van der Waals surface area contributed by atoms with E-state index in [4.69, 9.17) is 15.2 Å². The highest BCUT2D eigenvalue weighted by Crippen LogP contribution is 2.39. The van der Waals surface area contributed by atoms with Crippen molar-refractivity contribution in [1.82, 2.24) is 9.29 Å². The largest absolute Gasteiger partial charge is 0.494 e. The predicted octanol–water partition coefficient (Wildman–Crippen LogP) is 5.49. The molecule has 3 atom stereocenters. The number of nitrogens with two attached hydrogens (primary N) is 1. The maximum atomic E-state index is 13.7. The summed E-state index contributed by atoms with van der Waals surface area (Å²) in [5.74, 6) is 0.745. The van der Waals surface area contributed by atoms with Crippen LogP contribution >= 0.6 is 0 Å². The number of nitrogen functional groups attached to an aromatic ring is 1. The Morgan fingerprint density at radius 1 is 1.16 bits per heavy atom. The van der Waals surface area contributed by atoms with Crippen LogP contribution in [0.2, 0.25) is 0 Å². The van der Waals surface area contributed by atoms with E-state index in [1.54, 1.807) is 38.7 Å². The van der Waals surface area contributed by atoms with Crippen molar-refractivity contribution in [1.29, 1.82) is 0 Å². The first-order valence-corrected chi connectivity index (χ1v) is 15.2. The molecule has 4 aromatic rings. The van der Waals surface area contributed by atoms with E-state index in [2.05, 4.69) is 21.7 Å². The van der Waals surface area contributed by atoms with Crippen LogP contribution in [-0.2, 0) is 22.3 Å². The minimum Gasteiger partial charge on any atom is -0.494 e. The molecule has 1 aliphatic heterocycles. The molecule has 0 spiro atoms. The second-order valence-electron chi connectivity index (χ2n) is 10.6. The number of nitrogens with zero attached hydrogens (tertiary/aromatic N) is 2. The first kappa shape index (κ1) is 30.1. The lowest BCUT2D eigenvalue weighted by Gasteiger charge is -2.24. The number of amides is 1. The van der Waals surface area contributed by atoms with Crippen LogP contribution in [0.25, 0.3) is 0 Å². The molecular weight excluding hydrogens is 562 g/mol. The highest BCUT2D eigenvalue weighted by atomic mass is 32.2. The lowest BCUT2D eigenvalue weighted by Crippen LogP contribution is -2.32. The Bertz CT molecular complexity index is 1630. The second-order valence-corrected chi connectivity index (χ2v) is 12.1. The smallest absolute Gasteiger partial charge is 0.225 e. The zero-order chi connectivity index (χ0) is 30.5. The van der Waals surface area contributed by atoms with E-state index < -0.39 is 11.0 Å². The average molecular weight is 600 g/mol. The van der Waals surface area contributed by atoms with Gasteiger partial charge in [-0.15, -0.1) is 0 Å². The molecule has 5 rings (SSSR count). The van der Waals surface area contributed by atoms with Crippen molar-refractivity contribution in [3.8, 4) is 11.5 Å². The zero-order valence-corrected chi connectivity index (χ0v) is 25.6. The van der Waals surface area contributed by atoms with Crippen LogP contribution in [0, 0.1) is 6.92 Å². The van der Waals surface area contributed by atoms with Gasteiger partial charge in [-0.1, -0.05) is 30.3 Å². The molecular formula is C33H37N5O4S. The van der Waals surface area contributed by atoms with Crippen molar-refractivity contribution in [3.05, 3.63) is 101 Å². The van der Waals surface area contributed by atoms with E-state index in [-0.39, 0.29) is 24.3 Å². The molecule has 2 heterocycles. The van der Waals surface area contributed by atoms with E-state index >= 15 is 0 Å². The fraction of sp³-hybridized carbons (Fsp3) is 0.273. The number of fused-ring (bicyclic) bond motifs is 1. The summed E-state index contributed by atoms with van der Waals surface area (Å²) < 4.78 is 27.4. The topological polar surface area (TPSA) is 119 Å². The highest BCUT2D eigenvalue weighted by Gasteiger charge is 2.28. The van der Waals surface area contributed by atoms with Gasteiger partial charge in [0.25, 0.3) is 0 Å². The normalized spacial score (nSPS) is 17.2. The van der Waals surface area contributed by atoms with Gasteiger partial charge in [0, 0.05) is 38.7 Å². The molecule has 9 nitrogen and oxygen atoms in total. The molecule has 1 aliphatic rings. The summed E-state index contributed by atoms with van der Waals surface area (Å²) in [5, 5.41) is 6.05. The Morgan fingerprint density at radius 3 is 2.72 bits per heavy atom. The van der Waals surface area contributed by atoms with Gasteiger partial charge in [-0.2, -0.15) is 0 Å². The van der Waals surface area contributed by atoms with Crippen molar-refractivity contribution >= 4 is 34.0 Å². The van der Waals surface area contributed by atoms with E-state index in [9.17, 15) is 9.00 Å². The number of anilines is 3. The Balaban J connectivity index is 1.51. The van der Waals surface area contributed by atoms with Gasteiger partial charge in [-0.3, -0.25) is 9.78 Å². The number of carbonyl (C=O) groups is 1. The summed E-state index contributed by atoms with van der Waals surface area (Å²) in [5.41, 5.74) is 12.1. The summed E-state index contributed by atoms with van der Waals surface area (Å²) in [6.45, 7) is 4.98. The number of pyridine rings is 1. The van der Waals surface area contributed by atoms with Crippen molar-refractivity contribution < 1.29 is 18.5 Å². The highest BCUT2D eigenvalue weighted by molar-refractivity contribution is 7.82. The van der Waals surface area contributed by atoms with Crippen molar-refractivity contribution in [3.63, 3.8) is 0 Å². The molecule has 10 heteroatoms. The first-order chi connectivity index (χ1) is 20.8. The minimum absolute atomic E-state index is 0.138. The van der Waals surface area contributed by atoms with E-state index in [1.807, 2.05) is 66.7 Å². The van der Waals surface area contributed by atoms with Gasteiger partial charge in [0.2, 0.25) is 5.91 Å². The van der Waals surface area contributed by atoms with Gasteiger partial charge in [0.1, 0.15) is 28.6 Å². The third kappa shape index (κ3) is 6.81. The Kier molecular flexibility index (Phi) is 9.27. The molecule has 1 aromatic heterocycles. The third-order valence-electron chi connectivity index (χ3n) is 7.55. The summed E-state index contributed by atoms with van der Waals surface area (Å²) in [6, 6.07) is 21.1. The molecule has 3 aromatic carbocycles. The molecule has 1 amide bonds. The van der Waals surface area contributed by atoms with E-state index in [0.717, 1.165) is 22.3 Å². The van der Waals surface area contributed by atoms with Crippen LogP contribution in [0.4, 0.5) is 17.1 Å². The maximum absolute atomic E-state index is 13.7.